The van der Waals surface area contributed by atoms with Gasteiger partial charge in [-0.25, -0.2) is 4.57 Å². The molecule has 0 aromatic carbocycles. The third-order valence-electron chi connectivity index (χ3n) is 1.16. The van der Waals surface area contributed by atoms with Gasteiger partial charge in [0.25, 0.3) is 4.77 Å². The van der Waals surface area contributed by atoms with Crippen molar-refractivity contribution < 1.29 is 4.92 Å². The van der Waals surface area contributed by atoms with Crippen molar-refractivity contribution in [3.63, 3.8) is 0 Å². The summed E-state index contributed by atoms with van der Waals surface area (Å²) in [4.78, 5) is 12.2. The lowest BCUT2D eigenvalue weighted by atomic mass is 10.8. The molecule has 0 atom stereocenters. The molecule has 0 saturated heterocycles. The lowest BCUT2D eigenvalue weighted by Gasteiger charge is -1.90. The number of aromatic amines is 1. The number of nitrogens with zero attached hydrogens (tertiary/aromatic N) is 2. The predicted octanol–water partition coefficient (Wildman–Crippen LogP) is 1.63. The van der Waals surface area contributed by atoms with Crippen LogP contribution in [0.1, 0.15) is 7.43 Å². The minimum absolute atomic E-state index is 0. The molecule has 62 valence electrons. The SMILES string of the molecule is C.Cn1c([N+](=O)[O-])c[nH]c1=S. The third-order valence-corrected chi connectivity index (χ3v) is 1.55. The first-order chi connectivity index (χ1) is 4.63. The van der Waals surface area contributed by atoms with Gasteiger partial charge in [0.15, 0.2) is 0 Å². The van der Waals surface area contributed by atoms with E-state index in [2.05, 4.69) is 4.98 Å². The van der Waals surface area contributed by atoms with Gasteiger partial charge in [0.2, 0.25) is 0 Å². The van der Waals surface area contributed by atoms with Crippen molar-refractivity contribution in [2.24, 2.45) is 7.05 Å². The molecule has 0 aliphatic rings. The van der Waals surface area contributed by atoms with Gasteiger partial charge in [0.1, 0.15) is 0 Å². The summed E-state index contributed by atoms with van der Waals surface area (Å²) in [5.74, 6) is -0.0231. The predicted molar refractivity (Wildman–Crippen MR) is 44.0 cm³/mol. The number of aromatic nitrogens is 2. The summed E-state index contributed by atoms with van der Waals surface area (Å²) in [6.07, 6.45) is 1.27. The third kappa shape index (κ3) is 1.64. The van der Waals surface area contributed by atoms with Crippen LogP contribution >= 0.6 is 12.2 Å². The van der Waals surface area contributed by atoms with Gasteiger partial charge in [-0.3, -0.25) is 0 Å². The van der Waals surface area contributed by atoms with Gasteiger partial charge in [0, 0.05) is 0 Å². The van der Waals surface area contributed by atoms with Crippen molar-refractivity contribution in [1.82, 2.24) is 9.55 Å². The molecule has 0 aliphatic carbocycles. The number of hydrogen-bond acceptors (Lipinski definition) is 3. The van der Waals surface area contributed by atoms with Crippen LogP contribution in [-0.4, -0.2) is 14.5 Å². The lowest BCUT2D eigenvalue weighted by Crippen LogP contribution is -1.95. The molecule has 5 nitrogen and oxygen atoms in total. The van der Waals surface area contributed by atoms with E-state index >= 15 is 0 Å². The first-order valence-electron chi connectivity index (χ1n) is 2.51. The Morgan fingerprint density at radius 3 is 2.55 bits per heavy atom. The zero-order valence-corrected chi connectivity index (χ0v) is 6.01. The molecule has 1 aromatic heterocycles. The number of imidazole rings is 1. The standard InChI is InChI=1S/C4H5N3O2S.CH4/c1-6-3(7(8)9)2-5-4(6)10;/h2H,1H3,(H,5,10);1H4. The minimum atomic E-state index is -0.494. The minimum Gasteiger partial charge on any atom is -0.358 e. The van der Waals surface area contributed by atoms with Crippen molar-refractivity contribution in [2.75, 3.05) is 0 Å². The number of rotatable bonds is 1. The Balaban J connectivity index is 0.000001000. The van der Waals surface area contributed by atoms with Crippen LogP contribution in [-0.2, 0) is 7.05 Å². The van der Waals surface area contributed by atoms with E-state index in [0.29, 0.717) is 4.77 Å². The zero-order valence-electron chi connectivity index (χ0n) is 5.20. The van der Waals surface area contributed by atoms with Crippen molar-refractivity contribution >= 4 is 18.0 Å². The summed E-state index contributed by atoms with van der Waals surface area (Å²) in [6, 6.07) is 0. The van der Waals surface area contributed by atoms with E-state index in [4.69, 9.17) is 12.2 Å². The molecule has 0 unspecified atom stereocenters. The molecule has 1 aromatic rings. The average Bonchev–Trinajstić information content (AvgIpc) is 2.14. The van der Waals surface area contributed by atoms with Gasteiger partial charge in [-0.1, -0.05) is 7.43 Å². The fraction of sp³-hybridized carbons (Fsp3) is 0.400. The van der Waals surface area contributed by atoms with Gasteiger partial charge >= 0.3 is 5.82 Å². The van der Waals surface area contributed by atoms with Crippen LogP contribution < -0.4 is 0 Å². The van der Waals surface area contributed by atoms with E-state index in [-0.39, 0.29) is 13.2 Å². The molecule has 1 rings (SSSR count). The Morgan fingerprint density at radius 1 is 1.82 bits per heavy atom. The molecule has 11 heavy (non-hydrogen) atoms. The van der Waals surface area contributed by atoms with Crippen LogP contribution in [0.25, 0.3) is 0 Å². The number of nitro groups is 1. The smallest absolute Gasteiger partial charge is 0.341 e. The average molecular weight is 175 g/mol. The van der Waals surface area contributed by atoms with Gasteiger partial charge in [-0.05, 0) is 17.1 Å². The topological polar surface area (TPSA) is 63.9 Å². The van der Waals surface area contributed by atoms with E-state index in [0.717, 1.165) is 0 Å². The highest BCUT2D eigenvalue weighted by Crippen LogP contribution is 2.07. The maximum absolute atomic E-state index is 10.2. The number of H-pyrrole nitrogens is 1. The summed E-state index contributed by atoms with van der Waals surface area (Å²) in [7, 11) is 1.54. The molecule has 0 amide bonds. The van der Waals surface area contributed by atoms with Crippen LogP contribution in [0.5, 0.6) is 0 Å². The summed E-state index contributed by atoms with van der Waals surface area (Å²) in [5, 5.41) is 10.2. The molecule has 0 aliphatic heterocycles. The highest BCUT2D eigenvalue weighted by Gasteiger charge is 2.08. The number of hydrogen-bond donors (Lipinski definition) is 1. The van der Waals surface area contributed by atoms with Crippen molar-refractivity contribution in [1.29, 1.82) is 0 Å². The fourth-order valence-corrected chi connectivity index (χ4v) is 0.752. The van der Waals surface area contributed by atoms with Crippen molar-refractivity contribution in [2.45, 2.75) is 7.43 Å². The summed E-state index contributed by atoms with van der Waals surface area (Å²) < 4.78 is 1.65. The first kappa shape index (κ1) is 9.83. The van der Waals surface area contributed by atoms with E-state index in [1.54, 1.807) is 0 Å². The Labute approximate surface area is 68.8 Å². The second-order valence-electron chi connectivity index (χ2n) is 1.77. The highest BCUT2D eigenvalue weighted by molar-refractivity contribution is 7.71. The normalized spacial score (nSPS) is 8.82. The molecule has 1 heterocycles. The van der Waals surface area contributed by atoms with Crippen LogP contribution in [0.3, 0.4) is 0 Å². The monoisotopic (exact) mass is 175 g/mol. The largest absolute Gasteiger partial charge is 0.358 e. The first-order valence-corrected chi connectivity index (χ1v) is 2.92. The van der Waals surface area contributed by atoms with Crippen molar-refractivity contribution in [3.05, 3.63) is 21.1 Å². The Kier molecular flexibility index (Phi) is 2.94. The molecular weight excluding hydrogens is 166 g/mol. The van der Waals surface area contributed by atoms with Crippen LogP contribution in [0.4, 0.5) is 5.82 Å². The molecule has 0 spiro atoms. The van der Waals surface area contributed by atoms with Crippen LogP contribution in [0, 0.1) is 14.9 Å². The Bertz CT molecular complexity index is 314. The second-order valence-corrected chi connectivity index (χ2v) is 2.15. The molecule has 0 saturated carbocycles. The molecular formula is C5H9N3O2S. The molecule has 0 bridgehead atoms. The second kappa shape index (κ2) is 3.29. The quantitative estimate of drug-likeness (QED) is 0.401. The van der Waals surface area contributed by atoms with Gasteiger partial charge < -0.3 is 15.1 Å². The maximum atomic E-state index is 10.2. The lowest BCUT2D eigenvalue weighted by molar-refractivity contribution is -0.391. The van der Waals surface area contributed by atoms with E-state index in [9.17, 15) is 10.1 Å². The Morgan fingerprint density at radius 2 is 2.36 bits per heavy atom. The van der Waals surface area contributed by atoms with Crippen molar-refractivity contribution in [3.8, 4) is 0 Å². The van der Waals surface area contributed by atoms with E-state index < -0.39 is 4.92 Å². The van der Waals surface area contributed by atoms with Crippen LogP contribution in [0.15, 0.2) is 6.20 Å². The van der Waals surface area contributed by atoms with Gasteiger partial charge in [-0.15, -0.1) is 0 Å². The molecule has 0 fully saturated rings. The van der Waals surface area contributed by atoms with Gasteiger partial charge in [0.05, 0.1) is 13.2 Å². The fourth-order valence-electron chi connectivity index (χ4n) is 0.599. The summed E-state index contributed by atoms with van der Waals surface area (Å²) in [5.41, 5.74) is 0. The molecule has 6 heteroatoms. The van der Waals surface area contributed by atoms with Crippen LogP contribution in [0.2, 0.25) is 0 Å². The summed E-state index contributed by atoms with van der Waals surface area (Å²) in [6.45, 7) is 0. The van der Waals surface area contributed by atoms with E-state index in [1.165, 1.54) is 17.8 Å². The highest BCUT2D eigenvalue weighted by atomic mass is 32.1. The summed E-state index contributed by atoms with van der Waals surface area (Å²) >= 11 is 4.70. The maximum Gasteiger partial charge on any atom is 0.341 e. The number of nitrogens with one attached hydrogen (secondary N) is 1. The molecule has 1 N–H and O–H groups in total. The zero-order chi connectivity index (χ0) is 7.72. The van der Waals surface area contributed by atoms with E-state index in [1.807, 2.05) is 0 Å². The van der Waals surface area contributed by atoms with Gasteiger partial charge in [-0.2, -0.15) is 0 Å². The Hall–Kier alpha value is -1.17. The molecule has 0 radical (unpaired) electrons.